The standard InChI is InChI=1S/C13H14ClN3O3S/c1-15-13-10(14)7-9(8-16-13)21(18,19)17-11-5-3-4-6-12(11)20-2/h3-8,17H,1-2H3,(H,15,16). The number of rotatable bonds is 5. The third kappa shape index (κ3) is 3.37. The Hall–Kier alpha value is -1.99. The lowest BCUT2D eigenvalue weighted by molar-refractivity contribution is 0.417. The maximum atomic E-state index is 12.3. The first-order chi connectivity index (χ1) is 9.97. The van der Waals surface area contributed by atoms with Gasteiger partial charge in [0, 0.05) is 13.2 Å². The zero-order valence-electron chi connectivity index (χ0n) is 11.4. The fraction of sp³-hybridized carbons (Fsp3) is 0.154. The first-order valence-electron chi connectivity index (χ1n) is 5.97. The predicted octanol–water partition coefficient (Wildman–Crippen LogP) is 2.59. The molecule has 0 saturated heterocycles. The molecule has 0 atom stereocenters. The van der Waals surface area contributed by atoms with E-state index in [2.05, 4.69) is 15.0 Å². The van der Waals surface area contributed by atoms with Crippen molar-refractivity contribution in [2.24, 2.45) is 0 Å². The lowest BCUT2D eigenvalue weighted by Crippen LogP contribution is -2.14. The van der Waals surface area contributed by atoms with Gasteiger partial charge in [-0.2, -0.15) is 0 Å². The smallest absolute Gasteiger partial charge is 0.263 e. The molecule has 0 bridgehead atoms. The molecular formula is C13H14ClN3O3S. The Bertz CT molecular complexity index is 750. The number of hydrogen-bond donors (Lipinski definition) is 2. The zero-order chi connectivity index (χ0) is 15.5. The molecule has 0 unspecified atom stereocenters. The lowest BCUT2D eigenvalue weighted by atomic mass is 10.3. The van der Waals surface area contributed by atoms with Gasteiger partial charge in [-0.3, -0.25) is 4.72 Å². The summed E-state index contributed by atoms with van der Waals surface area (Å²) in [4.78, 5) is 3.92. The van der Waals surface area contributed by atoms with Crippen LogP contribution in [-0.4, -0.2) is 27.6 Å². The van der Waals surface area contributed by atoms with Gasteiger partial charge < -0.3 is 10.1 Å². The van der Waals surface area contributed by atoms with E-state index in [0.717, 1.165) is 0 Å². The monoisotopic (exact) mass is 327 g/mol. The van der Waals surface area contributed by atoms with Gasteiger partial charge in [-0.05, 0) is 18.2 Å². The average Bonchev–Trinajstić information content (AvgIpc) is 2.47. The highest BCUT2D eigenvalue weighted by Gasteiger charge is 2.18. The molecule has 0 radical (unpaired) electrons. The van der Waals surface area contributed by atoms with Crippen LogP contribution >= 0.6 is 11.6 Å². The second-order valence-electron chi connectivity index (χ2n) is 4.06. The lowest BCUT2D eigenvalue weighted by Gasteiger charge is -2.12. The molecule has 2 N–H and O–H groups in total. The Morgan fingerprint density at radius 3 is 2.62 bits per heavy atom. The molecule has 2 rings (SSSR count). The second-order valence-corrected chi connectivity index (χ2v) is 6.15. The summed E-state index contributed by atoms with van der Waals surface area (Å²) in [6, 6.07) is 8.05. The average molecular weight is 328 g/mol. The number of aromatic nitrogens is 1. The van der Waals surface area contributed by atoms with Crippen LogP contribution in [0.15, 0.2) is 41.4 Å². The number of pyridine rings is 1. The maximum absolute atomic E-state index is 12.3. The molecule has 2 aromatic rings. The third-order valence-corrected chi connectivity index (χ3v) is 4.34. The van der Waals surface area contributed by atoms with Gasteiger partial charge >= 0.3 is 0 Å². The van der Waals surface area contributed by atoms with Crippen LogP contribution in [0.3, 0.4) is 0 Å². The van der Waals surface area contributed by atoms with E-state index in [-0.39, 0.29) is 9.92 Å². The number of halogens is 1. The highest BCUT2D eigenvalue weighted by molar-refractivity contribution is 7.92. The van der Waals surface area contributed by atoms with Crippen LogP contribution in [0.5, 0.6) is 5.75 Å². The Morgan fingerprint density at radius 2 is 2.00 bits per heavy atom. The molecule has 6 nitrogen and oxygen atoms in total. The van der Waals surface area contributed by atoms with Crippen LogP contribution in [0, 0.1) is 0 Å². The van der Waals surface area contributed by atoms with Crippen molar-refractivity contribution in [3.05, 3.63) is 41.6 Å². The van der Waals surface area contributed by atoms with E-state index in [0.29, 0.717) is 17.3 Å². The number of methoxy groups -OCH3 is 1. The summed E-state index contributed by atoms with van der Waals surface area (Å²) in [5, 5.41) is 2.99. The minimum Gasteiger partial charge on any atom is -0.495 e. The van der Waals surface area contributed by atoms with Crippen molar-refractivity contribution in [3.63, 3.8) is 0 Å². The van der Waals surface area contributed by atoms with Crippen LogP contribution in [0.2, 0.25) is 5.02 Å². The summed E-state index contributed by atoms with van der Waals surface area (Å²) in [5.74, 6) is 0.833. The van der Waals surface area contributed by atoms with Gasteiger partial charge in [-0.25, -0.2) is 13.4 Å². The highest BCUT2D eigenvalue weighted by atomic mass is 35.5. The van der Waals surface area contributed by atoms with Crippen molar-refractivity contribution < 1.29 is 13.2 Å². The first kappa shape index (κ1) is 15.4. The molecule has 0 fully saturated rings. The number of sulfonamides is 1. The number of hydrogen-bond acceptors (Lipinski definition) is 5. The summed E-state index contributed by atoms with van der Waals surface area (Å²) in [5.41, 5.74) is 0.341. The summed E-state index contributed by atoms with van der Waals surface area (Å²) in [6.45, 7) is 0. The normalized spacial score (nSPS) is 11.0. The molecule has 1 aromatic heterocycles. The molecule has 0 spiro atoms. The van der Waals surface area contributed by atoms with Crippen molar-refractivity contribution in [3.8, 4) is 5.75 Å². The SMILES string of the molecule is CNc1ncc(S(=O)(=O)Nc2ccccc2OC)cc1Cl. The van der Waals surface area contributed by atoms with Crippen molar-refractivity contribution in [2.45, 2.75) is 4.90 Å². The number of ether oxygens (including phenoxy) is 1. The van der Waals surface area contributed by atoms with Gasteiger partial charge in [-0.1, -0.05) is 23.7 Å². The summed E-state index contributed by atoms with van der Waals surface area (Å²) < 4.78 is 32.2. The molecule has 0 aliphatic rings. The molecule has 8 heteroatoms. The highest BCUT2D eigenvalue weighted by Crippen LogP contribution is 2.27. The van der Waals surface area contributed by atoms with Gasteiger partial charge in [-0.15, -0.1) is 0 Å². The fourth-order valence-corrected chi connectivity index (χ4v) is 3.05. The van der Waals surface area contributed by atoms with Gasteiger partial charge in [0.1, 0.15) is 16.5 Å². The number of nitrogens with one attached hydrogen (secondary N) is 2. The third-order valence-electron chi connectivity index (χ3n) is 2.71. The van der Waals surface area contributed by atoms with Crippen LogP contribution in [0.4, 0.5) is 11.5 Å². The molecule has 0 aliphatic carbocycles. The molecule has 112 valence electrons. The molecule has 21 heavy (non-hydrogen) atoms. The van der Waals surface area contributed by atoms with Crippen molar-refractivity contribution in [1.82, 2.24) is 4.98 Å². The van der Waals surface area contributed by atoms with Gasteiger partial charge in [0.15, 0.2) is 0 Å². The van der Waals surface area contributed by atoms with E-state index < -0.39 is 10.0 Å². The molecule has 1 heterocycles. The van der Waals surface area contributed by atoms with E-state index in [1.54, 1.807) is 31.3 Å². The molecule has 0 saturated carbocycles. The van der Waals surface area contributed by atoms with Crippen LogP contribution in [0.25, 0.3) is 0 Å². The van der Waals surface area contributed by atoms with Gasteiger partial charge in [0.25, 0.3) is 10.0 Å². The fourth-order valence-electron chi connectivity index (χ4n) is 1.68. The largest absolute Gasteiger partial charge is 0.495 e. The van der Waals surface area contributed by atoms with Crippen LogP contribution < -0.4 is 14.8 Å². The Morgan fingerprint density at radius 1 is 1.29 bits per heavy atom. The van der Waals surface area contributed by atoms with E-state index in [9.17, 15) is 8.42 Å². The number of nitrogens with zero attached hydrogens (tertiary/aromatic N) is 1. The maximum Gasteiger partial charge on any atom is 0.263 e. The van der Waals surface area contributed by atoms with Crippen LogP contribution in [0.1, 0.15) is 0 Å². The molecule has 0 aliphatic heterocycles. The molecule has 0 amide bonds. The van der Waals surface area contributed by atoms with Gasteiger partial charge in [0.2, 0.25) is 0 Å². The quantitative estimate of drug-likeness (QED) is 0.882. The summed E-state index contributed by atoms with van der Waals surface area (Å²) in [7, 11) is -0.684. The molecular weight excluding hydrogens is 314 g/mol. The topological polar surface area (TPSA) is 80.3 Å². The van der Waals surface area contributed by atoms with Gasteiger partial charge in [0.05, 0.1) is 17.8 Å². The van der Waals surface area contributed by atoms with E-state index >= 15 is 0 Å². The Kier molecular flexibility index (Phi) is 4.54. The van der Waals surface area contributed by atoms with Crippen molar-refractivity contribution >= 4 is 33.1 Å². The molecule has 1 aromatic carbocycles. The predicted molar refractivity (Wildman–Crippen MR) is 82.6 cm³/mol. The Labute approximate surface area is 128 Å². The number of benzene rings is 1. The van der Waals surface area contributed by atoms with E-state index in [1.807, 2.05) is 0 Å². The number of anilines is 2. The summed E-state index contributed by atoms with van der Waals surface area (Å²) in [6.07, 6.45) is 1.23. The van der Waals surface area contributed by atoms with Crippen molar-refractivity contribution in [1.29, 1.82) is 0 Å². The van der Waals surface area contributed by atoms with Crippen LogP contribution in [-0.2, 0) is 10.0 Å². The van der Waals surface area contributed by atoms with Crippen molar-refractivity contribution in [2.75, 3.05) is 24.2 Å². The Balaban J connectivity index is 2.36. The minimum atomic E-state index is -3.80. The van der Waals surface area contributed by atoms with E-state index in [1.165, 1.54) is 19.4 Å². The minimum absolute atomic E-state index is 0.0302. The summed E-state index contributed by atoms with van der Waals surface area (Å²) >= 11 is 5.96. The second kappa shape index (κ2) is 6.19. The zero-order valence-corrected chi connectivity index (χ0v) is 13.0. The van der Waals surface area contributed by atoms with E-state index in [4.69, 9.17) is 16.3 Å². The number of para-hydroxylation sites is 2. The first-order valence-corrected chi connectivity index (χ1v) is 7.83.